The zero-order valence-electron chi connectivity index (χ0n) is 31.7. The minimum Gasteiger partial charge on any atom is -0.310 e. The molecule has 0 aliphatic heterocycles. The Morgan fingerprint density at radius 2 is 0.759 bits per heavy atom. The largest absolute Gasteiger partial charge is 0.310 e. The van der Waals surface area contributed by atoms with E-state index in [4.69, 9.17) is 0 Å². The van der Waals surface area contributed by atoms with Crippen molar-refractivity contribution < 1.29 is 0 Å². The number of thiophene rings is 1. The first kappa shape index (κ1) is 34.0. The molecule has 0 N–H and O–H groups in total. The monoisotopic (exact) mass is 755 g/mol. The Bertz CT molecular complexity index is 3200. The lowest BCUT2D eigenvalue weighted by Crippen LogP contribution is -2.10. The van der Waals surface area contributed by atoms with Crippen LogP contribution in [0.1, 0.15) is 0 Å². The Morgan fingerprint density at radius 3 is 1.41 bits per heavy atom. The fourth-order valence-electron chi connectivity index (χ4n) is 8.55. The molecule has 0 spiro atoms. The second-order valence-corrected chi connectivity index (χ2v) is 16.0. The standard InChI is InChI=1S/C56H37NS/c1-3-12-38(13-4-1)45-34-46(39-14-5-2-6-15-39)36-47(35-45)41-26-31-49(32-27-41)57(53-20-11-17-43-23-22-42-16-7-8-18-50(42)56(43)53)48-29-24-40(25-30-48)44-28-33-55-52(37-44)51-19-9-10-21-54(51)58-55/h1-37H. The van der Waals surface area contributed by atoms with Crippen molar-refractivity contribution in [2.45, 2.75) is 0 Å². The van der Waals surface area contributed by atoms with Gasteiger partial charge in [0.2, 0.25) is 0 Å². The topological polar surface area (TPSA) is 3.24 Å². The van der Waals surface area contributed by atoms with E-state index in [2.05, 4.69) is 229 Å². The normalized spacial score (nSPS) is 11.4. The summed E-state index contributed by atoms with van der Waals surface area (Å²) in [5, 5.41) is 7.58. The Balaban J connectivity index is 1.04. The molecule has 58 heavy (non-hydrogen) atoms. The molecule has 10 aromatic carbocycles. The SMILES string of the molecule is c1ccc(-c2cc(-c3ccccc3)cc(-c3ccc(N(c4ccc(-c5ccc6sc7ccccc7c6c5)cc4)c4cccc5ccc6ccccc6c45)cc3)c2)cc1. The van der Waals surface area contributed by atoms with Gasteiger partial charge in [0.1, 0.15) is 0 Å². The van der Waals surface area contributed by atoms with Crippen molar-refractivity contribution in [1.29, 1.82) is 0 Å². The molecule has 0 radical (unpaired) electrons. The van der Waals surface area contributed by atoms with Crippen LogP contribution in [0.25, 0.3) is 86.2 Å². The summed E-state index contributed by atoms with van der Waals surface area (Å²) in [6.45, 7) is 0. The van der Waals surface area contributed by atoms with E-state index in [0.717, 1.165) is 17.1 Å². The van der Waals surface area contributed by atoms with Crippen LogP contribution in [0.15, 0.2) is 224 Å². The minimum absolute atomic E-state index is 1.10. The van der Waals surface area contributed by atoms with E-state index in [1.807, 2.05) is 11.3 Å². The van der Waals surface area contributed by atoms with Gasteiger partial charge in [0.25, 0.3) is 0 Å². The Hall–Kier alpha value is -7.26. The predicted octanol–water partition coefficient (Wildman–Crippen LogP) is 16.5. The summed E-state index contributed by atoms with van der Waals surface area (Å²) in [4.78, 5) is 2.42. The van der Waals surface area contributed by atoms with Crippen molar-refractivity contribution in [2.75, 3.05) is 4.90 Å². The minimum atomic E-state index is 1.10. The zero-order valence-corrected chi connectivity index (χ0v) is 32.5. The van der Waals surface area contributed by atoms with Gasteiger partial charge >= 0.3 is 0 Å². The first-order chi connectivity index (χ1) is 28.7. The predicted molar refractivity (Wildman–Crippen MR) is 251 cm³/mol. The molecule has 1 heterocycles. The fourth-order valence-corrected chi connectivity index (χ4v) is 9.64. The number of fused-ring (bicyclic) bond motifs is 6. The van der Waals surface area contributed by atoms with E-state index in [0.29, 0.717) is 0 Å². The van der Waals surface area contributed by atoms with E-state index in [-0.39, 0.29) is 0 Å². The van der Waals surface area contributed by atoms with Crippen LogP contribution in [0.3, 0.4) is 0 Å². The first-order valence-electron chi connectivity index (χ1n) is 19.8. The summed E-state index contributed by atoms with van der Waals surface area (Å²) >= 11 is 1.86. The number of nitrogens with zero attached hydrogens (tertiary/aromatic N) is 1. The smallest absolute Gasteiger partial charge is 0.0546 e. The number of rotatable bonds is 7. The molecular weight excluding hydrogens is 719 g/mol. The molecule has 0 aliphatic rings. The van der Waals surface area contributed by atoms with Crippen LogP contribution < -0.4 is 4.90 Å². The number of hydrogen-bond acceptors (Lipinski definition) is 2. The quantitative estimate of drug-likeness (QED) is 0.146. The maximum atomic E-state index is 2.42. The van der Waals surface area contributed by atoms with Crippen molar-refractivity contribution in [3.63, 3.8) is 0 Å². The van der Waals surface area contributed by atoms with Gasteiger partial charge in [-0.2, -0.15) is 0 Å². The van der Waals surface area contributed by atoms with Gasteiger partial charge < -0.3 is 4.90 Å². The van der Waals surface area contributed by atoms with Crippen molar-refractivity contribution in [3.05, 3.63) is 224 Å². The molecule has 11 rings (SSSR count). The fraction of sp³-hybridized carbons (Fsp3) is 0. The summed E-state index contributed by atoms with van der Waals surface area (Å²) in [6, 6.07) is 82.0. The van der Waals surface area contributed by atoms with Gasteiger partial charge in [-0.3, -0.25) is 0 Å². The Morgan fingerprint density at radius 1 is 0.276 bits per heavy atom. The van der Waals surface area contributed by atoms with Crippen LogP contribution >= 0.6 is 11.3 Å². The second-order valence-electron chi connectivity index (χ2n) is 14.9. The zero-order chi connectivity index (χ0) is 38.4. The van der Waals surface area contributed by atoms with E-state index in [1.165, 1.54) is 86.2 Å². The highest BCUT2D eigenvalue weighted by atomic mass is 32.1. The van der Waals surface area contributed by atoms with Crippen molar-refractivity contribution in [2.24, 2.45) is 0 Å². The molecule has 0 saturated carbocycles. The molecule has 0 aliphatic carbocycles. The van der Waals surface area contributed by atoms with E-state index >= 15 is 0 Å². The molecule has 11 aromatic rings. The van der Waals surface area contributed by atoms with Gasteiger partial charge in [0, 0.05) is 36.9 Å². The van der Waals surface area contributed by atoms with Gasteiger partial charge in [0.15, 0.2) is 0 Å². The third-order valence-corrected chi connectivity index (χ3v) is 12.6. The lowest BCUT2D eigenvalue weighted by atomic mass is 9.93. The summed E-state index contributed by atoms with van der Waals surface area (Å²) in [7, 11) is 0. The molecule has 0 amide bonds. The van der Waals surface area contributed by atoms with Crippen LogP contribution in [0, 0.1) is 0 Å². The Labute approximate surface area is 342 Å². The van der Waals surface area contributed by atoms with Crippen LogP contribution in [-0.2, 0) is 0 Å². The molecule has 1 nitrogen and oxygen atoms in total. The van der Waals surface area contributed by atoms with Gasteiger partial charge in [-0.1, -0.05) is 158 Å². The summed E-state index contributed by atoms with van der Waals surface area (Å²) in [5.41, 5.74) is 13.0. The molecule has 0 unspecified atom stereocenters. The first-order valence-corrected chi connectivity index (χ1v) is 20.6. The van der Waals surface area contributed by atoms with Gasteiger partial charge in [-0.15, -0.1) is 11.3 Å². The van der Waals surface area contributed by atoms with Crippen molar-refractivity contribution >= 4 is 70.1 Å². The molecule has 272 valence electrons. The summed E-state index contributed by atoms with van der Waals surface area (Å²) in [6.07, 6.45) is 0. The van der Waals surface area contributed by atoms with E-state index in [9.17, 15) is 0 Å². The van der Waals surface area contributed by atoms with Crippen LogP contribution in [0.4, 0.5) is 17.1 Å². The van der Waals surface area contributed by atoms with Gasteiger partial charge in [-0.05, 0) is 127 Å². The van der Waals surface area contributed by atoms with E-state index < -0.39 is 0 Å². The number of hydrogen-bond donors (Lipinski definition) is 0. The maximum absolute atomic E-state index is 2.42. The highest BCUT2D eigenvalue weighted by Gasteiger charge is 2.18. The molecule has 0 bridgehead atoms. The summed E-state index contributed by atoms with van der Waals surface area (Å²) < 4.78 is 2.65. The van der Waals surface area contributed by atoms with E-state index in [1.54, 1.807) is 0 Å². The third-order valence-electron chi connectivity index (χ3n) is 11.4. The Kier molecular flexibility index (Phi) is 8.42. The molecule has 0 saturated heterocycles. The highest BCUT2D eigenvalue weighted by Crippen LogP contribution is 2.44. The molecule has 0 atom stereocenters. The molecule has 2 heteroatoms. The van der Waals surface area contributed by atoms with Gasteiger partial charge in [-0.25, -0.2) is 0 Å². The summed E-state index contributed by atoms with van der Waals surface area (Å²) in [5.74, 6) is 0. The molecule has 1 aromatic heterocycles. The van der Waals surface area contributed by atoms with Crippen LogP contribution in [0.5, 0.6) is 0 Å². The lowest BCUT2D eigenvalue weighted by molar-refractivity contribution is 1.30. The number of anilines is 3. The average Bonchev–Trinajstić information content (AvgIpc) is 3.68. The van der Waals surface area contributed by atoms with Gasteiger partial charge in [0.05, 0.1) is 5.69 Å². The van der Waals surface area contributed by atoms with Crippen LogP contribution in [-0.4, -0.2) is 0 Å². The average molecular weight is 756 g/mol. The second kappa shape index (κ2) is 14.4. The lowest BCUT2D eigenvalue weighted by Gasteiger charge is -2.28. The van der Waals surface area contributed by atoms with Crippen LogP contribution in [0.2, 0.25) is 0 Å². The highest BCUT2D eigenvalue weighted by molar-refractivity contribution is 7.25. The number of benzene rings is 10. The third kappa shape index (κ3) is 6.12. The van der Waals surface area contributed by atoms with Crippen molar-refractivity contribution in [1.82, 2.24) is 0 Å². The maximum Gasteiger partial charge on any atom is 0.0546 e. The molecule has 0 fully saturated rings. The van der Waals surface area contributed by atoms with Crippen molar-refractivity contribution in [3.8, 4) is 44.5 Å². The molecular formula is C56H37NS.